The molecular weight excluding hydrogens is 502 g/mol. The number of nitrogens with one attached hydrogen (secondary N) is 1. The minimum absolute atomic E-state index is 0.0397. The summed E-state index contributed by atoms with van der Waals surface area (Å²) in [4.78, 5) is 32.7. The minimum Gasteiger partial charge on any atom is -0.504 e. The molecule has 1 amide bonds. The summed E-state index contributed by atoms with van der Waals surface area (Å²) in [6.45, 7) is 5.61. The fourth-order valence-electron chi connectivity index (χ4n) is 4.64. The monoisotopic (exact) mass is 529 g/mol. The van der Waals surface area contributed by atoms with Crippen LogP contribution in [-0.4, -0.2) is 32.5 Å². The highest BCUT2D eigenvalue weighted by molar-refractivity contribution is 7.07. The van der Waals surface area contributed by atoms with Crippen LogP contribution in [0.1, 0.15) is 35.5 Å². The molecule has 0 aliphatic carbocycles. The molecule has 1 unspecified atom stereocenters. The van der Waals surface area contributed by atoms with Crippen molar-refractivity contribution in [3.63, 3.8) is 0 Å². The van der Waals surface area contributed by atoms with Gasteiger partial charge < -0.3 is 15.2 Å². The molecule has 3 heterocycles. The Kier molecular flexibility index (Phi) is 6.50. The molecule has 1 aliphatic heterocycles. The number of ether oxygens (including phenoxy) is 1. The first-order valence-electron chi connectivity index (χ1n) is 12.0. The molecule has 4 aromatic rings. The number of allylic oxidation sites excluding steroid dienone is 1. The predicted octanol–water partition coefficient (Wildman–Crippen LogP) is 2.94. The van der Waals surface area contributed by atoms with Crippen LogP contribution < -0.4 is 24.9 Å². The van der Waals surface area contributed by atoms with Gasteiger partial charge in [-0.1, -0.05) is 35.6 Å². The highest BCUT2D eigenvalue weighted by atomic mass is 32.1. The van der Waals surface area contributed by atoms with Gasteiger partial charge in [-0.05, 0) is 56.7 Å². The molecule has 0 radical (unpaired) electrons. The van der Waals surface area contributed by atoms with Gasteiger partial charge in [-0.3, -0.25) is 18.8 Å². The first-order chi connectivity index (χ1) is 18.2. The number of aromatic nitrogens is 3. The Balaban J connectivity index is 1.73. The maximum absolute atomic E-state index is 13.9. The number of methoxy groups -OCH3 is 1. The summed E-state index contributed by atoms with van der Waals surface area (Å²) in [6, 6.07) is 13.1. The van der Waals surface area contributed by atoms with Crippen molar-refractivity contribution < 1.29 is 14.6 Å². The molecule has 2 aromatic carbocycles. The Morgan fingerprint density at radius 1 is 1.16 bits per heavy atom. The topological polar surface area (TPSA) is 111 Å². The fourth-order valence-corrected chi connectivity index (χ4v) is 5.67. The van der Waals surface area contributed by atoms with Crippen LogP contribution in [-0.2, 0) is 11.8 Å². The van der Waals surface area contributed by atoms with E-state index < -0.39 is 6.04 Å². The zero-order chi connectivity index (χ0) is 27.1. The fraction of sp³-hybridized carbons (Fsp3) is 0.214. The molecule has 5 rings (SSSR count). The van der Waals surface area contributed by atoms with Gasteiger partial charge in [0.1, 0.15) is 0 Å². The molecule has 1 aliphatic rings. The molecule has 0 saturated carbocycles. The number of carbonyl (C=O) groups is 1. The summed E-state index contributed by atoms with van der Waals surface area (Å²) in [5.74, 6) is -0.173. The van der Waals surface area contributed by atoms with E-state index in [2.05, 4.69) is 15.4 Å². The lowest BCUT2D eigenvalue weighted by Gasteiger charge is -2.25. The zero-order valence-electron chi connectivity index (χ0n) is 21.6. The lowest BCUT2D eigenvalue weighted by atomic mass is 9.94. The van der Waals surface area contributed by atoms with Gasteiger partial charge in [0, 0.05) is 24.0 Å². The zero-order valence-corrected chi connectivity index (χ0v) is 22.5. The number of fused-ring (bicyclic) bond motifs is 1. The van der Waals surface area contributed by atoms with Gasteiger partial charge in [0.2, 0.25) is 0 Å². The standard InChI is InChI=1S/C28H27N5O4S/c1-15-20(17(3)32(4)31-15)14-23-27(36)33-25(18-11-12-21(34)22(13-18)37-5)24(16(2)29-28(33)38-23)26(35)30-19-9-7-6-8-10-19/h6-14,25,34H,1-5H3,(H,30,35)/b23-14-. The van der Waals surface area contributed by atoms with E-state index in [9.17, 15) is 14.7 Å². The third-order valence-electron chi connectivity index (χ3n) is 6.66. The summed E-state index contributed by atoms with van der Waals surface area (Å²) >= 11 is 1.26. The first-order valence-corrected chi connectivity index (χ1v) is 12.8. The van der Waals surface area contributed by atoms with E-state index in [4.69, 9.17) is 4.74 Å². The van der Waals surface area contributed by atoms with Crippen molar-refractivity contribution in [2.75, 3.05) is 12.4 Å². The van der Waals surface area contributed by atoms with Gasteiger partial charge in [-0.2, -0.15) is 5.10 Å². The van der Waals surface area contributed by atoms with Gasteiger partial charge in [0.15, 0.2) is 16.3 Å². The first kappa shape index (κ1) is 25.2. The number of phenolic OH excluding ortho intramolecular Hbond substituents is 1. The normalized spacial score (nSPS) is 15.3. The Bertz CT molecular complexity index is 1780. The van der Waals surface area contributed by atoms with Gasteiger partial charge in [-0.15, -0.1) is 0 Å². The van der Waals surface area contributed by atoms with Gasteiger partial charge in [-0.25, -0.2) is 4.99 Å². The molecule has 1 atom stereocenters. The van der Waals surface area contributed by atoms with Crippen molar-refractivity contribution in [2.45, 2.75) is 26.8 Å². The lowest BCUT2D eigenvalue weighted by Crippen LogP contribution is -2.40. The molecular formula is C28H27N5O4S. The van der Waals surface area contributed by atoms with Crippen LogP contribution >= 0.6 is 11.3 Å². The Morgan fingerprint density at radius 3 is 2.55 bits per heavy atom. The van der Waals surface area contributed by atoms with Crippen molar-refractivity contribution >= 4 is 29.0 Å². The molecule has 0 bridgehead atoms. The maximum atomic E-state index is 13.9. The van der Waals surface area contributed by atoms with E-state index in [1.807, 2.05) is 45.2 Å². The van der Waals surface area contributed by atoms with E-state index >= 15 is 0 Å². The SMILES string of the molecule is COc1cc(C2C(C(=O)Nc3ccccc3)=C(C)N=c3s/c(=C\c4c(C)nn(C)c4C)c(=O)n32)ccc1O. The minimum atomic E-state index is -0.789. The summed E-state index contributed by atoms with van der Waals surface area (Å²) in [5, 5.41) is 17.6. The van der Waals surface area contributed by atoms with Crippen LogP contribution in [0.2, 0.25) is 0 Å². The summed E-state index contributed by atoms with van der Waals surface area (Å²) in [7, 11) is 3.31. The van der Waals surface area contributed by atoms with E-state index in [0.717, 1.165) is 17.0 Å². The molecule has 0 saturated heterocycles. The third kappa shape index (κ3) is 4.32. The number of hydrogen-bond donors (Lipinski definition) is 2. The van der Waals surface area contributed by atoms with E-state index in [-0.39, 0.29) is 23.0 Å². The van der Waals surface area contributed by atoms with E-state index in [1.165, 1.54) is 29.1 Å². The molecule has 38 heavy (non-hydrogen) atoms. The molecule has 0 spiro atoms. The average molecular weight is 530 g/mol. The number of rotatable bonds is 5. The largest absolute Gasteiger partial charge is 0.504 e. The third-order valence-corrected chi connectivity index (χ3v) is 7.64. The highest BCUT2D eigenvalue weighted by Crippen LogP contribution is 2.35. The molecule has 10 heteroatoms. The number of benzene rings is 2. The number of phenols is 1. The van der Waals surface area contributed by atoms with Crippen molar-refractivity contribution in [1.29, 1.82) is 0 Å². The molecule has 0 fully saturated rings. The number of aromatic hydroxyl groups is 1. The van der Waals surface area contributed by atoms with Crippen LogP contribution in [0, 0.1) is 13.8 Å². The Hall–Kier alpha value is -4.44. The van der Waals surface area contributed by atoms with E-state index in [0.29, 0.717) is 31.9 Å². The van der Waals surface area contributed by atoms with Crippen molar-refractivity contribution in [3.8, 4) is 11.5 Å². The lowest BCUT2D eigenvalue weighted by molar-refractivity contribution is -0.113. The summed E-state index contributed by atoms with van der Waals surface area (Å²) in [6.07, 6.45) is 1.83. The quantitative estimate of drug-likeness (QED) is 0.413. The maximum Gasteiger partial charge on any atom is 0.271 e. The molecule has 9 nitrogen and oxygen atoms in total. The average Bonchev–Trinajstić information content (AvgIpc) is 3.33. The van der Waals surface area contributed by atoms with E-state index in [1.54, 1.807) is 35.9 Å². The van der Waals surface area contributed by atoms with Gasteiger partial charge in [0.25, 0.3) is 11.5 Å². The van der Waals surface area contributed by atoms with Crippen molar-refractivity contribution in [3.05, 3.63) is 102 Å². The second-order valence-corrected chi connectivity index (χ2v) is 10.1. The van der Waals surface area contributed by atoms with Crippen molar-refractivity contribution in [1.82, 2.24) is 14.3 Å². The number of hydrogen-bond acceptors (Lipinski definition) is 7. The van der Waals surface area contributed by atoms with Crippen LogP contribution in [0.3, 0.4) is 0 Å². The predicted molar refractivity (Wildman–Crippen MR) is 146 cm³/mol. The summed E-state index contributed by atoms with van der Waals surface area (Å²) < 4.78 is 9.13. The number of para-hydroxylation sites is 1. The van der Waals surface area contributed by atoms with Crippen molar-refractivity contribution in [2.24, 2.45) is 12.0 Å². The molecule has 2 N–H and O–H groups in total. The van der Waals surface area contributed by atoms with Gasteiger partial charge in [0.05, 0.1) is 34.6 Å². The summed E-state index contributed by atoms with van der Waals surface area (Å²) in [5.41, 5.74) is 4.41. The molecule has 2 aromatic heterocycles. The number of carbonyl (C=O) groups excluding carboxylic acids is 1. The highest BCUT2D eigenvalue weighted by Gasteiger charge is 2.33. The number of amides is 1. The van der Waals surface area contributed by atoms with Crippen LogP contribution in [0.15, 0.2) is 69.6 Å². The van der Waals surface area contributed by atoms with Gasteiger partial charge >= 0.3 is 0 Å². The molecule has 194 valence electrons. The van der Waals surface area contributed by atoms with Crippen LogP contribution in [0.25, 0.3) is 6.08 Å². The second-order valence-electron chi connectivity index (χ2n) is 9.04. The smallest absolute Gasteiger partial charge is 0.271 e. The number of anilines is 1. The Labute approximate surface area is 222 Å². The van der Waals surface area contributed by atoms with Crippen LogP contribution in [0.4, 0.5) is 5.69 Å². The number of thiazole rings is 1. The van der Waals surface area contributed by atoms with Crippen LogP contribution in [0.5, 0.6) is 11.5 Å². The second kappa shape index (κ2) is 9.79. The Morgan fingerprint density at radius 2 is 1.89 bits per heavy atom. The number of aryl methyl sites for hydroxylation is 2. The number of nitrogens with zero attached hydrogens (tertiary/aromatic N) is 4.